The van der Waals surface area contributed by atoms with Crippen molar-refractivity contribution in [1.29, 1.82) is 5.26 Å². The van der Waals surface area contributed by atoms with Gasteiger partial charge in [0.05, 0.1) is 5.92 Å². The number of hydrogen-bond donors (Lipinski definition) is 0. The Morgan fingerprint density at radius 3 is 2.29 bits per heavy atom. The van der Waals surface area contributed by atoms with E-state index in [0.29, 0.717) is 22.6 Å². The number of alkyl halides is 3. The van der Waals surface area contributed by atoms with Crippen molar-refractivity contribution < 1.29 is 32.2 Å². The van der Waals surface area contributed by atoms with Crippen molar-refractivity contribution in [2.45, 2.75) is 26.3 Å². The number of hydrogen-bond acceptors (Lipinski definition) is 5. The standard InChI is InChI=1S/C29H23ClF3NO4/c1-28(2)23(16-24(30)18-11-13-21(14-12-18)38-29(31,32)33)26(28)27(35)37-25(17-34)19-7-6-10-22(15-19)36-20-8-4-3-5-9-20/h3-16,23,25-26H,1-2H3. The Bertz CT molecular complexity index is 1370. The number of carbonyl (C=O) groups excluding carboxylic acids is 1. The average molecular weight is 542 g/mol. The second kappa shape index (κ2) is 10.8. The fourth-order valence-electron chi connectivity index (χ4n) is 4.23. The third-order valence-corrected chi connectivity index (χ3v) is 6.69. The molecule has 3 atom stereocenters. The molecule has 0 aliphatic heterocycles. The average Bonchev–Trinajstić information content (AvgIpc) is 3.41. The predicted octanol–water partition coefficient (Wildman–Crippen LogP) is 8.04. The van der Waals surface area contributed by atoms with Gasteiger partial charge in [0.2, 0.25) is 6.10 Å². The largest absolute Gasteiger partial charge is 0.573 e. The summed E-state index contributed by atoms with van der Waals surface area (Å²) >= 11 is 6.42. The highest BCUT2D eigenvalue weighted by Crippen LogP contribution is 2.60. The molecule has 0 radical (unpaired) electrons. The highest BCUT2D eigenvalue weighted by atomic mass is 35.5. The lowest BCUT2D eigenvalue weighted by atomic mass is 10.1. The van der Waals surface area contributed by atoms with Crippen molar-refractivity contribution in [3.8, 4) is 23.3 Å². The summed E-state index contributed by atoms with van der Waals surface area (Å²) in [5, 5.41) is 9.99. The summed E-state index contributed by atoms with van der Waals surface area (Å²) < 4.78 is 52.4. The molecule has 3 aromatic carbocycles. The Kier molecular flexibility index (Phi) is 7.70. The van der Waals surface area contributed by atoms with Gasteiger partial charge >= 0.3 is 12.3 Å². The monoisotopic (exact) mass is 541 g/mol. The molecule has 0 aromatic heterocycles. The Morgan fingerprint density at radius 1 is 1.00 bits per heavy atom. The number of rotatable bonds is 8. The first-order valence-electron chi connectivity index (χ1n) is 11.6. The smallest absolute Gasteiger partial charge is 0.457 e. The van der Waals surface area contributed by atoms with Crippen molar-refractivity contribution in [3.05, 3.63) is 96.1 Å². The molecule has 5 nitrogen and oxygen atoms in total. The minimum atomic E-state index is -4.79. The van der Waals surface area contributed by atoms with Crippen molar-refractivity contribution in [2.24, 2.45) is 17.3 Å². The van der Waals surface area contributed by atoms with E-state index < -0.39 is 29.8 Å². The molecule has 3 unspecified atom stereocenters. The fraction of sp³-hybridized carbons (Fsp3) is 0.241. The van der Waals surface area contributed by atoms with Crippen molar-refractivity contribution >= 4 is 22.6 Å². The Balaban J connectivity index is 1.43. The first-order valence-corrected chi connectivity index (χ1v) is 12.0. The zero-order valence-corrected chi connectivity index (χ0v) is 21.2. The maximum Gasteiger partial charge on any atom is 0.573 e. The molecule has 0 saturated heterocycles. The summed E-state index contributed by atoms with van der Waals surface area (Å²) in [5.74, 6) is -0.625. The molecule has 9 heteroatoms. The van der Waals surface area contributed by atoms with Gasteiger partial charge in [0.25, 0.3) is 0 Å². The van der Waals surface area contributed by atoms with Crippen molar-refractivity contribution in [1.82, 2.24) is 0 Å². The van der Waals surface area contributed by atoms with E-state index >= 15 is 0 Å². The number of carbonyl (C=O) groups is 1. The second-order valence-corrected chi connectivity index (χ2v) is 9.75. The van der Waals surface area contributed by atoms with E-state index in [4.69, 9.17) is 21.1 Å². The first-order chi connectivity index (χ1) is 18.0. The molecule has 1 aliphatic carbocycles. The topological polar surface area (TPSA) is 68.5 Å². The van der Waals surface area contributed by atoms with E-state index in [1.54, 1.807) is 42.5 Å². The van der Waals surface area contributed by atoms with Crippen molar-refractivity contribution in [3.63, 3.8) is 0 Å². The molecule has 0 amide bonds. The van der Waals surface area contributed by atoms with Crippen LogP contribution in [0.1, 0.15) is 31.1 Å². The minimum absolute atomic E-state index is 0.277. The van der Waals surface area contributed by atoms with Crippen LogP contribution in [-0.4, -0.2) is 12.3 Å². The lowest BCUT2D eigenvalue weighted by Gasteiger charge is -2.13. The molecule has 1 fully saturated rings. The normalized spacial score (nSPS) is 19.1. The number of benzene rings is 3. The molecule has 0 bridgehead atoms. The highest BCUT2D eigenvalue weighted by Gasteiger charge is 2.62. The molecule has 196 valence electrons. The van der Waals surface area contributed by atoms with Crippen LogP contribution in [0.25, 0.3) is 5.03 Å². The number of esters is 1. The van der Waals surface area contributed by atoms with Crippen LogP contribution in [-0.2, 0) is 9.53 Å². The number of allylic oxidation sites excluding steroid dienone is 1. The molecule has 4 rings (SSSR count). The van der Waals surface area contributed by atoms with Gasteiger partial charge in [0.1, 0.15) is 23.3 Å². The van der Waals surface area contributed by atoms with E-state index in [9.17, 15) is 23.2 Å². The Hall–Kier alpha value is -3.96. The summed E-state index contributed by atoms with van der Waals surface area (Å²) in [6.07, 6.45) is -4.24. The molecule has 1 aliphatic rings. The van der Waals surface area contributed by atoms with E-state index in [0.717, 1.165) is 12.1 Å². The van der Waals surface area contributed by atoms with E-state index in [-0.39, 0.29) is 16.7 Å². The minimum Gasteiger partial charge on any atom is -0.457 e. The van der Waals surface area contributed by atoms with Crippen molar-refractivity contribution in [2.75, 3.05) is 0 Å². The lowest BCUT2D eigenvalue weighted by molar-refractivity contribution is -0.274. The number of ether oxygens (including phenoxy) is 3. The summed E-state index contributed by atoms with van der Waals surface area (Å²) in [6.45, 7) is 3.75. The summed E-state index contributed by atoms with van der Waals surface area (Å²) in [4.78, 5) is 13.0. The van der Waals surface area contributed by atoms with Crippen LogP contribution in [0.2, 0.25) is 0 Å². The van der Waals surface area contributed by atoms with E-state index in [2.05, 4.69) is 4.74 Å². The van der Waals surface area contributed by atoms with Gasteiger partial charge in [-0.3, -0.25) is 4.79 Å². The third kappa shape index (κ3) is 6.48. The molecule has 3 aromatic rings. The maximum absolute atomic E-state index is 13.0. The summed E-state index contributed by atoms with van der Waals surface area (Å²) in [7, 11) is 0. The zero-order valence-electron chi connectivity index (χ0n) is 20.4. The van der Waals surface area contributed by atoms with E-state index in [1.165, 1.54) is 12.1 Å². The van der Waals surface area contributed by atoms with Gasteiger partial charge in [-0.15, -0.1) is 13.2 Å². The second-order valence-electron chi connectivity index (χ2n) is 9.35. The van der Waals surface area contributed by atoms with E-state index in [1.807, 2.05) is 38.1 Å². The number of para-hydroxylation sites is 1. The molecule has 0 N–H and O–H groups in total. The first kappa shape index (κ1) is 27.1. The molecule has 38 heavy (non-hydrogen) atoms. The van der Waals surface area contributed by atoms with Gasteiger partial charge in [-0.2, -0.15) is 5.26 Å². The Labute approximate surface area is 223 Å². The number of nitrogens with zero attached hydrogens (tertiary/aromatic N) is 1. The quantitative estimate of drug-likeness (QED) is 0.270. The summed E-state index contributed by atoms with van der Waals surface area (Å²) in [5.41, 5.74) is 0.453. The third-order valence-electron chi connectivity index (χ3n) is 6.35. The molecular formula is C29H23ClF3NO4. The van der Waals surface area contributed by atoms with Gasteiger partial charge < -0.3 is 14.2 Å². The van der Waals surface area contributed by atoms with Crippen LogP contribution in [0, 0.1) is 28.6 Å². The molecular weight excluding hydrogens is 519 g/mol. The van der Waals surface area contributed by atoms with Crippen LogP contribution in [0.5, 0.6) is 17.2 Å². The lowest BCUT2D eigenvalue weighted by Crippen LogP contribution is -2.16. The number of halogens is 4. The number of nitriles is 1. The highest BCUT2D eigenvalue weighted by molar-refractivity contribution is 6.48. The van der Waals surface area contributed by atoms with Gasteiger partial charge in [-0.1, -0.05) is 61.9 Å². The van der Waals surface area contributed by atoms with Gasteiger partial charge in [-0.05, 0) is 65.4 Å². The van der Waals surface area contributed by atoms with Gasteiger partial charge in [0.15, 0.2) is 0 Å². The predicted molar refractivity (Wildman–Crippen MR) is 135 cm³/mol. The fourth-order valence-corrected chi connectivity index (χ4v) is 4.49. The molecule has 0 spiro atoms. The SMILES string of the molecule is CC1(C)C(C=C(Cl)c2ccc(OC(F)(F)F)cc2)C1C(=O)OC(C#N)c1cccc(Oc2ccccc2)c1. The summed E-state index contributed by atoms with van der Waals surface area (Å²) in [6, 6.07) is 23.1. The van der Waals surface area contributed by atoms with Crippen LogP contribution in [0.3, 0.4) is 0 Å². The van der Waals surface area contributed by atoms with Crippen LogP contribution in [0.15, 0.2) is 84.9 Å². The van der Waals surface area contributed by atoms with Gasteiger partial charge in [-0.25, -0.2) is 0 Å². The van der Waals surface area contributed by atoms with Crippen LogP contribution >= 0.6 is 11.6 Å². The molecule has 1 saturated carbocycles. The zero-order chi connectivity index (χ0) is 27.5. The van der Waals surface area contributed by atoms with Crippen LogP contribution in [0.4, 0.5) is 13.2 Å². The maximum atomic E-state index is 13.0. The van der Waals surface area contributed by atoms with Crippen LogP contribution < -0.4 is 9.47 Å². The molecule has 0 heterocycles. The Morgan fingerprint density at radius 2 is 1.66 bits per heavy atom. The van der Waals surface area contributed by atoms with Gasteiger partial charge in [0, 0.05) is 10.6 Å².